The van der Waals surface area contributed by atoms with Crippen molar-refractivity contribution in [2.75, 3.05) is 34.0 Å². The molecule has 7 nitrogen and oxygen atoms in total. The molecule has 4 unspecified atom stereocenters. The topological polar surface area (TPSA) is 103 Å². The number of hydrogen-bond donors (Lipinski definition) is 3. The first-order valence-electron chi connectivity index (χ1n) is 13.0. The standard InChI is InChI=1S/C29H48N2O5/c1-8-9-13-31-29(33)24(21(4)5)19-26(32)25(30)18-23(20(2)3)16-22-11-12-27(35-7)28(17-22)36-15-10-14-34-6/h11-12,17,20-21,23-26,32H,10,13-16,18-19,30H2,1-7H3,(H,31,33). The van der Waals surface area contributed by atoms with Gasteiger partial charge >= 0.3 is 0 Å². The molecule has 0 aliphatic heterocycles. The molecule has 1 amide bonds. The second-order valence-corrected chi connectivity index (χ2v) is 10.1. The van der Waals surface area contributed by atoms with Crippen LogP contribution >= 0.6 is 0 Å². The van der Waals surface area contributed by atoms with Gasteiger partial charge in [-0.1, -0.05) is 39.7 Å². The van der Waals surface area contributed by atoms with Gasteiger partial charge in [-0.2, -0.15) is 0 Å². The Morgan fingerprint density at radius 2 is 1.81 bits per heavy atom. The third kappa shape index (κ3) is 11.2. The van der Waals surface area contributed by atoms with Crippen molar-refractivity contribution in [3.8, 4) is 23.3 Å². The number of nitrogens with two attached hydrogens (primary N) is 1. The SMILES string of the molecule is CC#CCNC(=O)C(CC(O)C(N)CC(Cc1ccc(OC)c(OCCCOC)c1)C(C)C)C(C)C. The minimum absolute atomic E-state index is 0.0870. The molecule has 0 aromatic heterocycles. The normalized spacial score (nSPS) is 14.5. The summed E-state index contributed by atoms with van der Waals surface area (Å²) >= 11 is 0. The zero-order valence-corrected chi connectivity index (χ0v) is 23.3. The number of methoxy groups -OCH3 is 2. The highest BCUT2D eigenvalue weighted by molar-refractivity contribution is 5.79. The van der Waals surface area contributed by atoms with E-state index in [1.807, 2.05) is 26.0 Å². The molecule has 7 heteroatoms. The summed E-state index contributed by atoms with van der Waals surface area (Å²) < 4.78 is 16.5. The van der Waals surface area contributed by atoms with Crippen LogP contribution in [0.1, 0.15) is 59.4 Å². The van der Waals surface area contributed by atoms with Crippen molar-refractivity contribution in [2.45, 2.75) is 72.4 Å². The first-order valence-corrected chi connectivity index (χ1v) is 13.0. The van der Waals surface area contributed by atoms with Crippen LogP contribution in [0.4, 0.5) is 0 Å². The molecule has 0 saturated carbocycles. The molecule has 4 atom stereocenters. The maximum absolute atomic E-state index is 12.6. The Labute approximate surface area is 218 Å². The average molecular weight is 505 g/mol. The highest BCUT2D eigenvalue weighted by Crippen LogP contribution is 2.31. The van der Waals surface area contributed by atoms with Crippen LogP contribution in [0.3, 0.4) is 0 Å². The Morgan fingerprint density at radius 3 is 2.39 bits per heavy atom. The summed E-state index contributed by atoms with van der Waals surface area (Å²) in [6, 6.07) is 5.59. The number of carbonyl (C=O) groups is 1. The van der Waals surface area contributed by atoms with E-state index in [0.717, 1.165) is 24.2 Å². The van der Waals surface area contributed by atoms with Gasteiger partial charge in [-0.25, -0.2) is 0 Å². The van der Waals surface area contributed by atoms with E-state index in [-0.39, 0.29) is 23.7 Å². The smallest absolute Gasteiger partial charge is 0.224 e. The van der Waals surface area contributed by atoms with Crippen molar-refractivity contribution in [3.05, 3.63) is 23.8 Å². The molecule has 0 aliphatic rings. The van der Waals surface area contributed by atoms with Gasteiger partial charge in [-0.05, 0) is 61.6 Å². The summed E-state index contributed by atoms with van der Waals surface area (Å²) in [6.07, 6.45) is 1.82. The van der Waals surface area contributed by atoms with Crippen molar-refractivity contribution < 1.29 is 24.1 Å². The summed E-state index contributed by atoms with van der Waals surface area (Å²) in [5.74, 6) is 7.35. The minimum Gasteiger partial charge on any atom is -0.493 e. The van der Waals surface area contributed by atoms with Crippen molar-refractivity contribution in [2.24, 2.45) is 29.4 Å². The summed E-state index contributed by atoms with van der Waals surface area (Å²) in [5, 5.41) is 13.8. The Morgan fingerprint density at radius 1 is 1.08 bits per heavy atom. The molecule has 204 valence electrons. The van der Waals surface area contributed by atoms with Crippen molar-refractivity contribution in [1.29, 1.82) is 0 Å². The number of nitrogens with one attached hydrogen (secondary N) is 1. The van der Waals surface area contributed by atoms with E-state index in [9.17, 15) is 9.90 Å². The van der Waals surface area contributed by atoms with Gasteiger partial charge in [0, 0.05) is 32.1 Å². The molecule has 0 radical (unpaired) electrons. The van der Waals surface area contributed by atoms with E-state index in [2.05, 4.69) is 37.1 Å². The molecule has 0 saturated heterocycles. The molecule has 0 aliphatic carbocycles. The number of benzene rings is 1. The first-order chi connectivity index (χ1) is 17.1. The fourth-order valence-corrected chi connectivity index (χ4v) is 4.21. The predicted molar refractivity (Wildman–Crippen MR) is 145 cm³/mol. The van der Waals surface area contributed by atoms with Crippen LogP contribution in [0, 0.1) is 35.5 Å². The van der Waals surface area contributed by atoms with Gasteiger partial charge in [0.2, 0.25) is 5.91 Å². The monoisotopic (exact) mass is 504 g/mol. The number of hydrogen-bond acceptors (Lipinski definition) is 6. The van der Waals surface area contributed by atoms with E-state index in [4.69, 9.17) is 19.9 Å². The lowest BCUT2D eigenvalue weighted by Crippen LogP contribution is -2.42. The van der Waals surface area contributed by atoms with Crippen LogP contribution in [-0.2, 0) is 16.0 Å². The van der Waals surface area contributed by atoms with E-state index in [1.165, 1.54) is 0 Å². The van der Waals surface area contributed by atoms with Gasteiger partial charge < -0.3 is 30.4 Å². The highest BCUT2D eigenvalue weighted by atomic mass is 16.5. The molecule has 0 heterocycles. The maximum Gasteiger partial charge on any atom is 0.224 e. The van der Waals surface area contributed by atoms with E-state index < -0.39 is 12.1 Å². The Bertz CT molecular complexity index is 831. The Kier molecular flexibility index (Phi) is 15.2. The summed E-state index contributed by atoms with van der Waals surface area (Å²) in [5.41, 5.74) is 7.62. The fourth-order valence-electron chi connectivity index (χ4n) is 4.21. The number of amides is 1. The van der Waals surface area contributed by atoms with Crippen LogP contribution in [0.15, 0.2) is 18.2 Å². The molecule has 0 fully saturated rings. The molecular weight excluding hydrogens is 456 g/mol. The lowest BCUT2D eigenvalue weighted by molar-refractivity contribution is -0.127. The van der Waals surface area contributed by atoms with E-state index in [0.29, 0.717) is 44.3 Å². The van der Waals surface area contributed by atoms with Gasteiger partial charge in [-0.15, -0.1) is 5.92 Å². The van der Waals surface area contributed by atoms with Gasteiger partial charge in [0.05, 0.1) is 26.4 Å². The largest absolute Gasteiger partial charge is 0.493 e. The zero-order chi connectivity index (χ0) is 27.1. The fraction of sp³-hybridized carbons (Fsp3) is 0.690. The quantitative estimate of drug-likeness (QED) is 0.220. The van der Waals surface area contributed by atoms with Crippen molar-refractivity contribution in [3.63, 3.8) is 0 Å². The van der Waals surface area contributed by atoms with Crippen molar-refractivity contribution in [1.82, 2.24) is 5.32 Å². The lowest BCUT2D eigenvalue weighted by atomic mass is 9.81. The van der Waals surface area contributed by atoms with Crippen LogP contribution < -0.4 is 20.5 Å². The van der Waals surface area contributed by atoms with Crippen LogP contribution in [0.5, 0.6) is 11.5 Å². The molecule has 0 spiro atoms. The van der Waals surface area contributed by atoms with Crippen LogP contribution in [-0.4, -0.2) is 57.1 Å². The molecule has 1 rings (SSSR count). The number of carbonyl (C=O) groups excluding carboxylic acids is 1. The Hall–Kier alpha value is -2.27. The summed E-state index contributed by atoms with van der Waals surface area (Å²) in [7, 11) is 3.31. The van der Waals surface area contributed by atoms with Gasteiger partial charge in [0.1, 0.15) is 0 Å². The van der Waals surface area contributed by atoms with Gasteiger partial charge in [0.25, 0.3) is 0 Å². The average Bonchev–Trinajstić information content (AvgIpc) is 2.84. The minimum atomic E-state index is -0.766. The molecular formula is C29H48N2O5. The second-order valence-electron chi connectivity index (χ2n) is 10.1. The van der Waals surface area contributed by atoms with E-state index in [1.54, 1.807) is 21.1 Å². The van der Waals surface area contributed by atoms with Gasteiger partial charge in [0.15, 0.2) is 11.5 Å². The van der Waals surface area contributed by atoms with Gasteiger partial charge in [-0.3, -0.25) is 4.79 Å². The lowest BCUT2D eigenvalue weighted by Gasteiger charge is -2.30. The van der Waals surface area contributed by atoms with E-state index >= 15 is 0 Å². The number of ether oxygens (including phenoxy) is 3. The molecule has 1 aromatic rings. The molecule has 1 aromatic carbocycles. The third-order valence-corrected chi connectivity index (χ3v) is 6.65. The molecule has 4 N–H and O–H groups in total. The number of rotatable bonds is 17. The zero-order valence-electron chi connectivity index (χ0n) is 23.3. The van der Waals surface area contributed by atoms with Crippen LogP contribution in [0.25, 0.3) is 0 Å². The Balaban J connectivity index is 2.85. The maximum atomic E-state index is 12.6. The number of aliphatic hydroxyl groups excluding tert-OH is 1. The number of aliphatic hydroxyl groups is 1. The molecule has 0 bridgehead atoms. The highest BCUT2D eigenvalue weighted by Gasteiger charge is 2.29. The first kappa shape index (κ1) is 31.8. The van der Waals surface area contributed by atoms with Crippen molar-refractivity contribution >= 4 is 5.91 Å². The molecule has 36 heavy (non-hydrogen) atoms. The second kappa shape index (κ2) is 17.2. The summed E-state index contributed by atoms with van der Waals surface area (Å²) in [4.78, 5) is 12.6. The summed E-state index contributed by atoms with van der Waals surface area (Å²) in [6.45, 7) is 11.6. The predicted octanol–water partition coefficient (Wildman–Crippen LogP) is 3.81. The van der Waals surface area contributed by atoms with Crippen LogP contribution in [0.2, 0.25) is 0 Å². The third-order valence-electron chi connectivity index (χ3n) is 6.65.